The molecule has 1 saturated carbocycles. The van der Waals surface area contributed by atoms with Crippen LogP contribution in [0.1, 0.15) is 48.4 Å². The van der Waals surface area contributed by atoms with E-state index in [0.29, 0.717) is 37.3 Å². The Kier molecular flexibility index (Phi) is 6.16. The number of nitrogens with zero attached hydrogens (tertiary/aromatic N) is 1. The zero-order valence-corrected chi connectivity index (χ0v) is 18.0. The molecule has 2 aliphatic rings. The van der Waals surface area contributed by atoms with Gasteiger partial charge in [0, 0.05) is 6.54 Å². The predicted octanol–water partition coefficient (Wildman–Crippen LogP) is 4.07. The van der Waals surface area contributed by atoms with Crippen LogP contribution in [0.3, 0.4) is 0 Å². The average molecular weight is 424 g/mol. The lowest BCUT2D eigenvalue weighted by Crippen LogP contribution is -2.47. The van der Waals surface area contributed by atoms with Gasteiger partial charge in [-0.25, -0.2) is 0 Å². The molecule has 0 radical (unpaired) electrons. The second-order valence-corrected chi connectivity index (χ2v) is 8.34. The molecule has 3 atom stereocenters. The highest BCUT2D eigenvalue weighted by Gasteiger charge is 2.42. The number of ether oxygens (including phenoxy) is 2. The number of methoxy groups -OCH3 is 2. The molecule has 4 rings (SSSR count). The molecule has 1 N–H and O–H groups in total. The Morgan fingerprint density at radius 2 is 1.61 bits per heavy atom. The third-order valence-electron chi connectivity index (χ3n) is 6.67. The Morgan fingerprint density at radius 3 is 2.26 bits per heavy atom. The molecule has 6 nitrogen and oxygen atoms in total. The summed E-state index contributed by atoms with van der Waals surface area (Å²) in [6.45, 7) is 0.545. The largest absolute Gasteiger partial charge is 0.493 e. The lowest BCUT2D eigenvalue weighted by molar-refractivity contribution is -0.153. The molecule has 31 heavy (non-hydrogen) atoms. The quantitative estimate of drug-likeness (QED) is 0.785. The molecule has 0 bridgehead atoms. The maximum absolute atomic E-state index is 13.7. The highest BCUT2D eigenvalue weighted by Crippen LogP contribution is 2.43. The van der Waals surface area contributed by atoms with Gasteiger partial charge in [-0.2, -0.15) is 0 Å². The molecule has 0 unspecified atom stereocenters. The van der Waals surface area contributed by atoms with Crippen LogP contribution in [-0.4, -0.2) is 42.6 Å². The van der Waals surface area contributed by atoms with Gasteiger partial charge in [-0.15, -0.1) is 0 Å². The van der Waals surface area contributed by atoms with E-state index >= 15 is 0 Å². The summed E-state index contributed by atoms with van der Waals surface area (Å²) in [5, 5.41) is 9.72. The summed E-state index contributed by atoms with van der Waals surface area (Å²) in [4.78, 5) is 27.5. The number of fused-ring (bicyclic) bond motifs is 1. The lowest BCUT2D eigenvalue weighted by atomic mass is 9.77. The molecule has 164 valence electrons. The SMILES string of the molecule is COc1cc2c(cc1OC)[C@H](c1ccccc1)N(C(=O)[C@H]1CCCC[C@H]1C(=O)O)CC2. The van der Waals surface area contributed by atoms with Gasteiger partial charge in [0.1, 0.15) is 0 Å². The van der Waals surface area contributed by atoms with Crippen LogP contribution < -0.4 is 9.47 Å². The molecule has 1 heterocycles. The van der Waals surface area contributed by atoms with E-state index < -0.39 is 17.8 Å². The van der Waals surface area contributed by atoms with Crippen molar-refractivity contribution >= 4 is 11.9 Å². The molecular formula is C25H29NO5. The van der Waals surface area contributed by atoms with E-state index in [4.69, 9.17) is 9.47 Å². The van der Waals surface area contributed by atoms with Crippen LogP contribution in [0.25, 0.3) is 0 Å². The zero-order valence-electron chi connectivity index (χ0n) is 18.0. The molecular weight excluding hydrogens is 394 g/mol. The third kappa shape index (κ3) is 3.99. The van der Waals surface area contributed by atoms with Crippen LogP contribution in [0.2, 0.25) is 0 Å². The number of carboxylic acids is 1. The molecule has 2 aromatic carbocycles. The van der Waals surface area contributed by atoms with Gasteiger partial charge in [-0.3, -0.25) is 9.59 Å². The molecule has 0 aromatic heterocycles. The van der Waals surface area contributed by atoms with E-state index in [1.165, 1.54) is 0 Å². The first kappa shape index (κ1) is 21.2. The van der Waals surface area contributed by atoms with Crippen LogP contribution in [0.5, 0.6) is 11.5 Å². The van der Waals surface area contributed by atoms with Crippen molar-refractivity contribution in [3.05, 3.63) is 59.2 Å². The number of carbonyl (C=O) groups excluding carboxylic acids is 1. The lowest BCUT2D eigenvalue weighted by Gasteiger charge is -2.41. The summed E-state index contributed by atoms with van der Waals surface area (Å²) in [7, 11) is 3.22. The Hall–Kier alpha value is -3.02. The Balaban J connectivity index is 1.78. The van der Waals surface area contributed by atoms with E-state index in [0.717, 1.165) is 29.5 Å². The van der Waals surface area contributed by atoms with E-state index in [2.05, 4.69) is 0 Å². The minimum Gasteiger partial charge on any atom is -0.493 e. The first-order chi connectivity index (χ1) is 15.0. The van der Waals surface area contributed by atoms with Crippen LogP contribution in [0, 0.1) is 11.8 Å². The van der Waals surface area contributed by atoms with Crippen molar-refractivity contribution in [1.82, 2.24) is 4.90 Å². The summed E-state index contributed by atoms with van der Waals surface area (Å²) in [5.41, 5.74) is 3.13. The van der Waals surface area contributed by atoms with Crippen molar-refractivity contribution < 1.29 is 24.2 Å². The van der Waals surface area contributed by atoms with Crippen molar-refractivity contribution in [3.63, 3.8) is 0 Å². The maximum Gasteiger partial charge on any atom is 0.307 e. The number of amides is 1. The minimum absolute atomic E-state index is 0.0543. The number of aliphatic carboxylic acids is 1. The predicted molar refractivity (Wildman–Crippen MR) is 116 cm³/mol. The van der Waals surface area contributed by atoms with Crippen LogP contribution in [0.15, 0.2) is 42.5 Å². The summed E-state index contributed by atoms with van der Waals surface area (Å²) in [6.07, 6.45) is 3.65. The number of hydrogen-bond donors (Lipinski definition) is 1. The molecule has 2 aromatic rings. The van der Waals surface area contributed by atoms with Crippen LogP contribution in [0.4, 0.5) is 0 Å². The van der Waals surface area contributed by atoms with E-state index in [-0.39, 0.29) is 11.9 Å². The summed E-state index contributed by atoms with van der Waals surface area (Å²) in [6, 6.07) is 13.6. The normalized spacial score (nSPS) is 23.0. The van der Waals surface area contributed by atoms with Crippen molar-refractivity contribution in [2.75, 3.05) is 20.8 Å². The Bertz CT molecular complexity index is 958. The van der Waals surface area contributed by atoms with Gasteiger partial charge in [0.05, 0.1) is 32.1 Å². The maximum atomic E-state index is 13.7. The molecule has 0 saturated heterocycles. The van der Waals surface area contributed by atoms with E-state index in [1.807, 2.05) is 47.4 Å². The van der Waals surface area contributed by atoms with Gasteiger partial charge in [-0.1, -0.05) is 43.2 Å². The fraction of sp³-hybridized carbons (Fsp3) is 0.440. The van der Waals surface area contributed by atoms with Gasteiger partial charge >= 0.3 is 5.97 Å². The number of rotatable bonds is 5. The average Bonchev–Trinajstić information content (AvgIpc) is 2.82. The molecule has 0 spiro atoms. The minimum atomic E-state index is -0.863. The Labute approximate surface area is 182 Å². The monoisotopic (exact) mass is 423 g/mol. The number of carbonyl (C=O) groups is 2. The summed E-state index contributed by atoms with van der Waals surface area (Å²) in [5.74, 6) is -0.702. The van der Waals surface area contributed by atoms with Gasteiger partial charge in [0.2, 0.25) is 5.91 Å². The first-order valence-electron chi connectivity index (χ1n) is 10.9. The van der Waals surface area contributed by atoms with Gasteiger partial charge < -0.3 is 19.5 Å². The second-order valence-electron chi connectivity index (χ2n) is 8.34. The van der Waals surface area contributed by atoms with Gasteiger partial charge in [0.15, 0.2) is 11.5 Å². The van der Waals surface area contributed by atoms with Crippen molar-refractivity contribution in [1.29, 1.82) is 0 Å². The Morgan fingerprint density at radius 1 is 0.968 bits per heavy atom. The highest BCUT2D eigenvalue weighted by atomic mass is 16.5. The standard InChI is InChI=1S/C25H29NO5/c1-30-21-14-17-12-13-26(24(27)18-10-6-7-11-19(18)25(28)29)23(16-8-4-3-5-9-16)20(17)15-22(21)31-2/h3-5,8-9,14-15,18-19,23H,6-7,10-13H2,1-2H3,(H,28,29)/t18-,19+,23-/m0/s1. The molecule has 1 aliphatic heterocycles. The molecule has 1 fully saturated rings. The van der Waals surface area contributed by atoms with Crippen molar-refractivity contribution in [3.8, 4) is 11.5 Å². The molecule has 1 amide bonds. The molecule has 1 aliphatic carbocycles. The highest BCUT2D eigenvalue weighted by molar-refractivity contribution is 5.86. The zero-order chi connectivity index (χ0) is 22.0. The fourth-order valence-electron chi connectivity index (χ4n) is 5.11. The number of benzene rings is 2. The third-order valence-corrected chi connectivity index (χ3v) is 6.67. The summed E-state index contributed by atoms with van der Waals surface area (Å²) < 4.78 is 11.0. The summed E-state index contributed by atoms with van der Waals surface area (Å²) >= 11 is 0. The fourth-order valence-corrected chi connectivity index (χ4v) is 5.11. The molecule has 6 heteroatoms. The second kappa shape index (κ2) is 9.00. The van der Waals surface area contributed by atoms with Crippen LogP contribution in [-0.2, 0) is 16.0 Å². The van der Waals surface area contributed by atoms with Gasteiger partial charge in [-0.05, 0) is 48.1 Å². The van der Waals surface area contributed by atoms with E-state index in [1.54, 1.807) is 14.2 Å². The topological polar surface area (TPSA) is 76.1 Å². The van der Waals surface area contributed by atoms with E-state index in [9.17, 15) is 14.7 Å². The van der Waals surface area contributed by atoms with Gasteiger partial charge in [0.25, 0.3) is 0 Å². The number of carboxylic acid groups (broad SMARTS) is 1. The van der Waals surface area contributed by atoms with Crippen LogP contribution >= 0.6 is 0 Å². The number of hydrogen-bond acceptors (Lipinski definition) is 4. The van der Waals surface area contributed by atoms with Crippen molar-refractivity contribution in [2.24, 2.45) is 11.8 Å². The smallest absolute Gasteiger partial charge is 0.307 e. The van der Waals surface area contributed by atoms with Crippen molar-refractivity contribution in [2.45, 2.75) is 38.1 Å². The first-order valence-corrected chi connectivity index (χ1v) is 10.9.